The Morgan fingerprint density at radius 3 is 3.07 bits per heavy atom. The van der Waals surface area contributed by atoms with Gasteiger partial charge in [-0.05, 0) is 30.7 Å². The third-order valence-corrected chi connectivity index (χ3v) is 3.83. The quantitative estimate of drug-likeness (QED) is 0.863. The van der Waals surface area contributed by atoms with Crippen LogP contribution in [0, 0.1) is 6.92 Å². The molecule has 1 atom stereocenters. The number of halogens is 1. The predicted octanol–water partition coefficient (Wildman–Crippen LogP) is 2.69. The van der Waals surface area contributed by atoms with Gasteiger partial charge >= 0.3 is 0 Å². The molecule has 4 heteroatoms. The molecule has 0 bridgehead atoms. The molecule has 1 aromatic carbocycles. The summed E-state index contributed by atoms with van der Waals surface area (Å²) in [5, 5.41) is 4.59. The van der Waals surface area contributed by atoms with E-state index in [1.54, 1.807) is 11.8 Å². The second-order valence-electron chi connectivity index (χ2n) is 3.55. The minimum atomic E-state index is 0.360. The molecule has 82 valence electrons. The van der Waals surface area contributed by atoms with E-state index in [9.17, 15) is 0 Å². The van der Waals surface area contributed by atoms with Gasteiger partial charge in [0.2, 0.25) is 0 Å². The molecule has 1 aliphatic rings. The fourth-order valence-electron chi connectivity index (χ4n) is 1.47. The summed E-state index contributed by atoms with van der Waals surface area (Å²) in [6.07, 6.45) is 0. The van der Waals surface area contributed by atoms with Gasteiger partial charge in [-0.15, -0.1) is 11.8 Å². The normalized spacial score (nSPS) is 21.6. The highest BCUT2D eigenvalue weighted by Gasteiger charge is 2.14. The smallest absolute Gasteiger partial charge is 0.0817 e. The van der Waals surface area contributed by atoms with Gasteiger partial charge in [0.25, 0.3) is 0 Å². The SMILES string of the molecule is Cc1cc(SC2COCCN2)ccc1Cl. The summed E-state index contributed by atoms with van der Waals surface area (Å²) in [5.41, 5.74) is 1.12. The summed E-state index contributed by atoms with van der Waals surface area (Å²) in [6, 6.07) is 6.11. The molecule has 1 heterocycles. The van der Waals surface area contributed by atoms with Gasteiger partial charge in [-0.25, -0.2) is 0 Å². The van der Waals surface area contributed by atoms with Crippen LogP contribution in [0.15, 0.2) is 23.1 Å². The summed E-state index contributed by atoms with van der Waals surface area (Å²) < 4.78 is 5.40. The Bertz CT molecular complexity index is 339. The van der Waals surface area contributed by atoms with Crippen LogP contribution in [0.5, 0.6) is 0 Å². The Hall–Kier alpha value is -0.220. The Morgan fingerprint density at radius 2 is 2.40 bits per heavy atom. The molecular formula is C11H14ClNOS. The zero-order valence-corrected chi connectivity index (χ0v) is 10.2. The van der Waals surface area contributed by atoms with Gasteiger partial charge in [0.1, 0.15) is 0 Å². The molecule has 1 aliphatic heterocycles. The first-order chi connectivity index (χ1) is 7.25. The second kappa shape index (κ2) is 5.21. The number of morpholine rings is 1. The molecule has 0 aromatic heterocycles. The summed E-state index contributed by atoms with van der Waals surface area (Å²) in [4.78, 5) is 1.24. The number of nitrogens with one attached hydrogen (secondary N) is 1. The van der Waals surface area contributed by atoms with Crippen LogP contribution in [0.2, 0.25) is 5.02 Å². The lowest BCUT2D eigenvalue weighted by molar-refractivity contribution is 0.100. The number of ether oxygens (including phenoxy) is 1. The van der Waals surface area contributed by atoms with Gasteiger partial charge < -0.3 is 10.1 Å². The van der Waals surface area contributed by atoms with Crippen LogP contribution in [0.25, 0.3) is 0 Å². The van der Waals surface area contributed by atoms with E-state index in [1.165, 1.54) is 4.90 Å². The molecule has 2 rings (SSSR count). The maximum Gasteiger partial charge on any atom is 0.0817 e. The Morgan fingerprint density at radius 1 is 1.53 bits per heavy atom. The van der Waals surface area contributed by atoms with Crippen molar-refractivity contribution in [2.75, 3.05) is 19.8 Å². The predicted molar refractivity (Wildman–Crippen MR) is 64.7 cm³/mol. The van der Waals surface area contributed by atoms with E-state index in [0.29, 0.717) is 5.37 Å². The summed E-state index contributed by atoms with van der Waals surface area (Å²) in [6.45, 7) is 4.55. The third-order valence-electron chi connectivity index (χ3n) is 2.30. The van der Waals surface area contributed by atoms with Gasteiger partial charge in [-0.2, -0.15) is 0 Å². The zero-order valence-electron chi connectivity index (χ0n) is 8.63. The van der Waals surface area contributed by atoms with Gasteiger partial charge in [0, 0.05) is 16.5 Å². The Labute approximate surface area is 99.3 Å². The highest BCUT2D eigenvalue weighted by atomic mass is 35.5. The molecule has 0 spiro atoms. The lowest BCUT2D eigenvalue weighted by Crippen LogP contribution is -2.38. The van der Waals surface area contributed by atoms with Gasteiger partial charge in [-0.1, -0.05) is 11.6 Å². The van der Waals surface area contributed by atoms with Crippen molar-refractivity contribution < 1.29 is 4.74 Å². The van der Waals surface area contributed by atoms with E-state index in [-0.39, 0.29) is 0 Å². The van der Waals surface area contributed by atoms with E-state index in [0.717, 1.165) is 30.3 Å². The van der Waals surface area contributed by atoms with Crippen molar-refractivity contribution in [1.29, 1.82) is 0 Å². The van der Waals surface area contributed by atoms with Crippen molar-refractivity contribution in [2.24, 2.45) is 0 Å². The largest absolute Gasteiger partial charge is 0.378 e. The van der Waals surface area contributed by atoms with E-state index in [2.05, 4.69) is 17.4 Å². The van der Waals surface area contributed by atoms with Crippen LogP contribution in [0.1, 0.15) is 5.56 Å². The van der Waals surface area contributed by atoms with Crippen molar-refractivity contribution in [3.8, 4) is 0 Å². The van der Waals surface area contributed by atoms with Crippen molar-refractivity contribution in [1.82, 2.24) is 5.32 Å². The first-order valence-corrected chi connectivity index (χ1v) is 6.25. The van der Waals surface area contributed by atoms with Crippen LogP contribution in [-0.2, 0) is 4.74 Å². The fourth-order valence-corrected chi connectivity index (χ4v) is 2.67. The van der Waals surface area contributed by atoms with Crippen LogP contribution in [-0.4, -0.2) is 25.1 Å². The summed E-state index contributed by atoms with van der Waals surface area (Å²) in [7, 11) is 0. The Kier molecular flexibility index (Phi) is 3.92. The number of benzene rings is 1. The highest BCUT2D eigenvalue weighted by molar-refractivity contribution is 8.00. The average Bonchev–Trinajstić information content (AvgIpc) is 2.25. The second-order valence-corrected chi connectivity index (χ2v) is 5.23. The molecule has 0 radical (unpaired) electrons. The first kappa shape index (κ1) is 11.3. The van der Waals surface area contributed by atoms with Crippen molar-refractivity contribution in [3.63, 3.8) is 0 Å². The lowest BCUT2D eigenvalue weighted by Gasteiger charge is -2.23. The molecule has 1 aromatic rings. The van der Waals surface area contributed by atoms with Crippen molar-refractivity contribution >= 4 is 23.4 Å². The zero-order chi connectivity index (χ0) is 10.7. The number of rotatable bonds is 2. The van der Waals surface area contributed by atoms with Crippen LogP contribution < -0.4 is 5.32 Å². The maximum atomic E-state index is 5.97. The van der Waals surface area contributed by atoms with Gasteiger partial charge in [-0.3, -0.25) is 0 Å². The fraction of sp³-hybridized carbons (Fsp3) is 0.455. The molecule has 1 fully saturated rings. The van der Waals surface area contributed by atoms with Crippen LogP contribution in [0.3, 0.4) is 0 Å². The van der Waals surface area contributed by atoms with Crippen molar-refractivity contribution in [2.45, 2.75) is 17.2 Å². The van der Waals surface area contributed by atoms with Gasteiger partial charge in [0.15, 0.2) is 0 Å². The average molecular weight is 244 g/mol. The molecule has 1 N–H and O–H groups in total. The standard InChI is InChI=1S/C11H14ClNOS/c1-8-6-9(2-3-10(8)12)15-11-7-14-5-4-13-11/h2-3,6,11,13H,4-5,7H2,1H3. The third kappa shape index (κ3) is 3.11. The van der Waals surface area contributed by atoms with Crippen LogP contribution >= 0.6 is 23.4 Å². The summed E-state index contributed by atoms with van der Waals surface area (Å²) >= 11 is 7.77. The maximum absolute atomic E-state index is 5.97. The van der Waals surface area contributed by atoms with E-state index < -0.39 is 0 Å². The molecule has 1 unspecified atom stereocenters. The Balaban J connectivity index is 2.00. The van der Waals surface area contributed by atoms with E-state index in [1.807, 2.05) is 13.0 Å². The molecule has 0 aliphatic carbocycles. The molecule has 1 saturated heterocycles. The van der Waals surface area contributed by atoms with Gasteiger partial charge in [0.05, 0.1) is 18.6 Å². The summed E-state index contributed by atoms with van der Waals surface area (Å²) in [5.74, 6) is 0. The molecule has 0 saturated carbocycles. The van der Waals surface area contributed by atoms with Crippen molar-refractivity contribution in [3.05, 3.63) is 28.8 Å². The lowest BCUT2D eigenvalue weighted by atomic mass is 10.2. The first-order valence-electron chi connectivity index (χ1n) is 4.99. The number of aryl methyl sites for hydroxylation is 1. The minimum absolute atomic E-state index is 0.360. The monoisotopic (exact) mass is 243 g/mol. The highest BCUT2D eigenvalue weighted by Crippen LogP contribution is 2.27. The number of thioether (sulfide) groups is 1. The topological polar surface area (TPSA) is 21.3 Å². The number of hydrogen-bond acceptors (Lipinski definition) is 3. The van der Waals surface area contributed by atoms with E-state index >= 15 is 0 Å². The van der Waals surface area contributed by atoms with Crippen LogP contribution in [0.4, 0.5) is 0 Å². The molecule has 2 nitrogen and oxygen atoms in total. The molecule has 15 heavy (non-hydrogen) atoms. The minimum Gasteiger partial charge on any atom is -0.378 e. The molecular weight excluding hydrogens is 230 g/mol. The number of hydrogen-bond donors (Lipinski definition) is 1. The van der Waals surface area contributed by atoms with E-state index in [4.69, 9.17) is 16.3 Å². The molecule has 0 amide bonds.